The number of aliphatic carboxylic acids is 1. The summed E-state index contributed by atoms with van der Waals surface area (Å²) < 4.78 is 26.6. The van der Waals surface area contributed by atoms with Crippen LogP contribution in [0.25, 0.3) is 11.4 Å². The summed E-state index contributed by atoms with van der Waals surface area (Å²) in [5.41, 5.74) is 1.22. The number of hydrogen-bond acceptors (Lipinski definition) is 6. The van der Waals surface area contributed by atoms with Crippen LogP contribution in [0.3, 0.4) is 0 Å². The predicted molar refractivity (Wildman–Crippen MR) is 88.0 cm³/mol. The number of hydrogen-bond donors (Lipinski definition) is 2. The second-order valence-electron chi connectivity index (χ2n) is 4.68. The Kier molecular flexibility index (Phi) is 5.26. The van der Waals surface area contributed by atoms with Gasteiger partial charge in [0.25, 0.3) is 0 Å². The first-order valence-electron chi connectivity index (χ1n) is 6.66. The summed E-state index contributed by atoms with van der Waals surface area (Å²) >= 11 is 1.10. The van der Waals surface area contributed by atoms with Gasteiger partial charge in [-0.1, -0.05) is 11.8 Å². The molecule has 0 aliphatic rings. The smallest absolute Gasteiger partial charge is 0.313 e. The molecule has 124 valence electrons. The normalized spacial score (nSPS) is 11.4. The van der Waals surface area contributed by atoms with Crippen LogP contribution in [-0.4, -0.2) is 46.3 Å². The van der Waals surface area contributed by atoms with Crippen molar-refractivity contribution in [2.75, 3.05) is 16.7 Å². The third-order valence-electron chi connectivity index (χ3n) is 2.80. The van der Waals surface area contributed by atoms with E-state index in [0.29, 0.717) is 23.2 Å². The van der Waals surface area contributed by atoms with Gasteiger partial charge in [0.05, 0.1) is 12.0 Å². The first kappa shape index (κ1) is 17.3. The molecule has 0 atom stereocenters. The summed E-state index contributed by atoms with van der Waals surface area (Å²) in [7, 11) is -3.32. The third kappa shape index (κ3) is 4.70. The number of sulfonamides is 1. The van der Waals surface area contributed by atoms with Crippen LogP contribution in [0.15, 0.2) is 29.4 Å². The first-order chi connectivity index (χ1) is 10.8. The van der Waals surface area contributed by atoms with E-state index in [1.54, 1.807) is 24.3 Å². The monoisotopic (exact) mass is 356 g/mol. The number of benzene rings is 1. The van der Waals surface area contributed by atoms with E-state index < -0.39 is 16.0 Å². The van der Waals surface area contributed by atoms with Gasteiger partial charge >= 0.3 is 5.97 Å². The van der Waals surface area contributed by atoms with Gasteiger partial charge in [0, 0.05) is 17.8 Å². The van der Waals surface area contributed by atoms with Crippen molar-refractivity contribution in [3.05, 3.63) is 24.3 Å². The van der Waals surface area contributed by atoms with E-state index in [0.717, 1.165) is 23.6 Å². The molecular formula is C13H16N4O4S2. The average molecular weight is 356 g/mol. The van der Waals surface area contributed by atoms with Crippen molar-refractivity contribution in [3.63, 3.8) is 0 Å². The van der Waals surface area contributed by atoms with Crippen molar-refractivity contribution in [1.29, 1.82) is 0 Å². The van der Waals surface area contributed by atoms with E-state index in [9.17, 15) is 13.2 Å². The SMILES string of the molecule is CCn1c(SCC(=O)O)nnc1-c1ccc(NS(C)(=O)=O)cc1. The summed E-state index contributed by atoms with van der Waals surface area (Å²) in [4.78, 5) is 10.7. The second-order valence-corrected chi connectivity index (χ2v) is 7.38. The minimum absolute atomic E-state index is 0.0879. The van der Waals surface area contributed by atoms with Crippen molar-refractivity contribution in [2.24, 2.45) is 0 Å². The molecule has 0 unspecified atom stereocenters. The summed E-state index contributed by atoms with van der Waals surface area (Å²) in [6, 6.07) is 6.73. The number of nitrogens with zero attached hydrogens (tertiary/aromatic N) is 3. The molecule has 10 heteroatoms. The highest BCUT2D eigenvalue weighted by atomic mass is 32.2. The lowest BCUT2D eigenvalue weighted by atomic mass is 10.2. The van der Waals surface area contributed by atoms with E-state index in [-0.39, 0.29) is 5.75 Å². The third-order valence-corrected chi connectivity index (χ3v) is 4.36. The highest BCUT2D eigenvalue weighted by Gasteiger charge is 2.14. The van der Waals surface area contributed by atoms with Crippen LogP contribution in [0.1, 0.15) is 6.92 Å². The van der Waals surface area contributed by atoms with Gasteiger partial charge in [0.2, 0.25) is 10.0 Å². The summed E-state index contributed by atoms with van der Waals surface area (Å²) in [5.74, 6) is -0.403. The van der Waals surface area contributed by atoms with Gasteiger partial charge in [0.15, 0.2) is 11.0 Å². The molecule has 0 bridgehead atoms. The Labute approximate surface area is 138 Å². The Bertz CT molecular complexity index is 800. The molecule has 1 heterocycles. The maximum atomic E-state index is 11.2. The lowest BCUT2D eigenvalue weighted by molar-refractivity contribution is -0.133. The number of aromatic nitrogens is 3. The van der Waals surface area contributed by atoms with E-state index in [4.69, 9.17) is 5.11 Å². The molecule has 2 N–H and O–H groups in total. The van der Waals surface area contributed by atoms with Gasteiger partial charge in [-0.15, -0.1) is 10.2 Å². The van der Waals surface area contributed by atoms with Crippen LogP contribution >= 0.6 is 11.8 Å². The Morgan fingerprint density at radius 3 is 2.48 bits per heavy atom. The quantitative estimate of drug-likeness (QED) is 0.723. The fourth-order valence-corrected chi connectivity index (χ4v) is 3.21. The van der Waals surface area contributed by atoms with Crippen LogP contribution < -0.4 is 4.72 Å². The van der Waals surface area contributed by atoms with Crippen LogP contribution in [0.5, 0.6) is 0 Å². The second kappa shape index (κ2) is 7.01. The number of thioether (sulfide) groups is 1. The zero-order valence-electron chi connectivity index (χ0n) is 12.6. The zero-order chi connectivity index (χ0) is 17.0. The van der Waals surface area contributed by atoms with Crippen LogP contribution in [0, 0.1) is 0 Å². The zero-order valence-corrected chi connectivity index (χ0v) is 14.2. The molecule has 2 rings (SSSR count). The maximum absolute atomic E-state index is 11.2. The number of nitrogens with one attached hydrogen (secondary N) is 1. The molecular weight excluding hydrogens is 340 g/mol. The van der Waals surface area contributed by atoms with Crippen LogP contribution in [-0.2, 0) is 21.4 Å². The largest absolute Gasteiger partial charge is 0.481 e. The summed E-state index contributed by atoms with van der Waals surface area (Å²) in [5, 5.41) is 17.4. The van der Waals surface area contributed by atoms with Gasteiger partial charge in [0.1, 0.15) is 0 Å². The van der Waals surface area contributed by atoms with Gasteiger partial charge < -0.3 is 9.67 Å². The van der Waals surface area contributed by atoms with Crippen molar-refractivity contribution >= 4 is 33.4 Å². The highest BCUT2D eigenvalue weighted by Crippen LogP contribution is 2.25. The highest BCUT2D eigenvalue weighted by molar-refractivity contribution is 7.99. The van der Waals surface area contributed by atoms with E-state index in [1.165, 1.54) is 0 Å². The number of carboxylic acid groups (broad SMARTS) is 1. The van der Waals surface area contributed by atoms with Gasteiger partial charge in [-0.3, -0.25) is 9.52 Å². The molecule has 0 saturated carbocycles. The van der Waals surface area contributed by atoms with E-state index >= 15 is 0 Å². The fourth-order valence-electron chi connectivity index (χ4n) is 1.92. The average Bonchev–Trinajstić information content (AvgIpc) is 2.87. The van der Waals surface area contributed by atoms with Crippen molar-refractivity contribution in [3.8, 4) is 11.4 Å². The number of anilines is 1. The van der Waals surface area contributed by atoms with Crippen LogP contribution in [0.2, 0.25) is 0 Å². The van der Waals surface area contributed by atoms with Crippen molar-refractivity contribution in [1.82, 2.24) is 14.8 Å². The summed E-state index contributed by atoms with van der Waals surface area (Å²) in [6.07, 6.45) is 1.08. The number of carboxylic acids is 1. The first-order valence-corrected chi connectivity index (χ1v) is 9.54. The Hall–Kier alpha value is -2.07. The van der Waals surface area contributed by atoms with Gasteiger partial charge in [-0.25, -0.2) is 8.42 Å². The molecule has 23 heavy (non-hydrogen) atoms. The molecule has 0 aliphatic carbocycles. The fraction of sp³-hybridized carbons (Fsp3) is 0.308. The molecule has 0 aliphatic heterocycles. The molecule has 0 saturated heterocycles. The van der Waals surface area contributed by atoms with Crippen molar-refractivity contribution < 1.29 is 18.3 Å². The molecule has 0 amide bonds. The standard InChI is InChI=1S/C13H16N4O4S2/c1-3-17-12(14-15-13(17)22-8-11(18)19)9-4-6-10(7-5-9)16-23(2,20)21/h4-7,16H,3,8H2,1-2H3,(H,18,19). The van der Waals surface area contributed by atoms with Gasteiger partial charge in [-0.05, 0) is 31.2 Å². The topological polar surface area (TPSA) is 114 Å². The van der Waals surface area contributed by atoms with Crippen molar-refractivity contribution in [2.45, 2.75) is 18.6 Å². The molecule has 1 aromatic carbocycles. The minimum atomic E-state index is -3.32. The maximum Gasteiger partial charge on any atom is 0.313 e. The Balaban J connectivity index is 2.26. The lowest BCUT2D eigenvalue weighted by Gasteiger charge is -2.08. The summed E-state index contributed by atoms with van der Waals surface area (Å²) in [6.45, 7) is 2.50. The number of rotatable bonds is 7. The molecule has 0 fully saturated rings. The van der Waals surface area contributed by atoms with E-state index in [1.807, 2.05) is 11.5 Å². The Morgan fingerprint density at radius 2 is 1.96 bits per heavy atom. The van der Waals surface area contributed by atoms with Crippen LogP contribution in [0.4, 0.5) is 5.69 Å². The molecule has 2 aromatic rings. The lowest BCUT2D eigenvalue weighted by Crippen LogP contribution is -2.09. The minimum Gasteiger partial charge on any atom is -0.481 e. The van der Waals surface area contributed by atoms with E-state index in [2.05, 4.69) is 14.9 Å². The molecule has 8 nitrogen and oxygen atoms in total. The Morgan fingerprint density at radius 1 is 1.30 bits per heavy atom. The molecule has 0 spiro atoms. The molecule has 1 aromatic heterocycles. The molecule has 0 radical (unpaired) electrons. The predicted octanol–water partition coefficient (Wildman–Crippen LogP) is 1.51. The number of carbonyl (C=O) groups is 1. The van der Waals surface area contributed by atoms with Gasteiger partial charge in [-0.2, -0.15) is 0 Å².